The van der Waals surface area contributed by atoms with Crippen LogP contribution in [0.4, 0.5) is 13.2 Å². The molecule has 1 aliphatic heterocycles. The number of rotatable bonds is 3. The molecule has 0 aromatic carbocycles. The number of nitrogens with zero attached hydrogens (tertiary/aromatic N) is 1. The molecule has 1 unspecified atom stereocenters. The van der Waals surface area contributed by atoms with E-state index in [1.807, 2.05) is 41.5 Å². The minimum atomic E-state index is -4.16. The molecule has 0 N–H and O–H groups in total. The molecule has 1 saturated heterocycles. The van der Waals surface area contributed by atoms with E-state index in [4.69, 9.17) is 4.52 Å². The highest BCUT2D eigenvalue weighted by molar-refractivity contribution is 7.58. The lowest BCUT2D eigenvalue weighted by Crippen LogP contribution is -2.41. The Bertz CT molecular complexity index is 416. The molecular formula is C15H29F3NO2P. The van der Waals surface area contributed by atoms with Crippen LogP contribution in [-0.2, 0) is 9.09 Å². The van der Waals surface area contributed by atoms with E-state index in [-0.39, 0.29) is 31.3 Å². The van der Waals surface area contributed by atoms with Crippen LogP contribution in [0.2, 0.25) is 0 Å². The minimum Gasteiger partial charge on any atom is -0.316 e. The van der Waals surface area contributed by atoms with Gasteiger partial charge in [0.2, 0.25) is 0 Å². The Kier molecular flexibility index (Phi) is 5.86. The van der Waals surface area contributed by atoms with Crippen molar-refractivity contribution in [2.24, 2.45) is 11.3 Å². The van der Waals surface area contributed by atoms with Crippen molar-refractivity contribution in [1.82, 2.24) is 4.67 Å². The summed E-state index contributed by atoms with van der Waals surface area (Å²) in [6.07, 6.45) is -4.19. The molecular weight excluding hydrogens is 314 g/mol. The highest BCUT2D eigenvalue weighted by Gasteiger charge is 2.48. The molecule has 0 spiro atoms. The van der Waals surface area contributed by atoms with E-state index in [9.17, 15) is 17.7 Å². The second-order valence-corrected chi connectivity index (χ2v) is 11.5. The molecule has 22 heavy (non-hydrogen) atoms. The first kappa shape index (κ1) is 20.0. The zero-order valence-electron chi connectivity index (χ0n) is 14.5. The minimum absolute atomic E-state index is 0.0115. The molecule has 132 valence electrons. The second-order valence-electron chi connectivity index (χ2n) is 8.29. The molecule has 1 aliphatic rings. The van der Waals surface area contributed by atoms with Crippen molar-refractivity contribution < 1.29 is 22.3 Å². The fourth-order valence-electron chi connectivity index (χ4n) is 2.44. The van der Waals surface area contributed by atoms with E-state index in [1.54, 1.807) is 4.67 Å². The third kappa shape index (κ3) is 4.97. The lowest BCUT2D eigenvalue weighted by Gasteiger charge is -2.43. The molecule has 0 amide bonds. The number of piperidine rings is 1. The van der Waals surface area contributed by atoms with E-state index in [0.29, 0.717) is 6.61 Å². The normalized spacial score (nSPS) is 22.6. The summed E-state index contributed by atoms with van der Waals surface area (Å²) in [4.78, 5) is 0. The second kappa shape index (κ2) is 6.45. The number of halogens is 3. The van der Waals surface area contributed by atoms with Gasteiger partial charge in [-0.2, -0.15) is 13.2 Å². The van der Waals surface area contributed by atoms with Gasteiger partial charge in [-0.1, -0.05) is 20.8 Å². The molecule has 0 aliphatic carbocycles. The van der Waals surface area contributed by atoms with E-state index in [2.05, 4.69) is 0 Å². The fourth-order valence-corrected chi connectivity index (χ4v) is 5.16. The average molecular weight is 343 g/mol. The first-order chi connectivity index (χ1) is 9.67. The van der Waals surface area contributed by atoms with Gasteiger partial charge < -0.3 is 4.52 Å². The van der Waals surface area contributed by atoms with Gasteiger partial charge in [0.15, 0.2) is 0 Å². The quantitative estimate of drug-likeness (QED) is 0.650. The van der Waals surface area contributed by atoms with Crippen LogP contribution in [-0.4, -0.2) is 35.7 Å². The summed E-state index contributed by atoms with van der Waals surface area (Å²) in [6, 6.07) is 0. The molecule has 0 bridgehead atoms. The van der Waals surface area contributed by atoms with E-state index < -0.39 is 24.8 Å². The topological polar surface area (TPSA) is 29.5 Å². The first-order valence-corrected chi connectivity index (χ1v) is 9.31. The van der Waals surface area contributed by atoms with E-state index in [1.165, 1.54) is 0 Å². The van der Waals surface area contributed by atoms with E-state index >= 15 is 0 Å². The van der Waals surface area contributed by atoms with Gasteiger partial charge in [-0.25, -0.2) is 4.67 Å². The van der Waals surface area contributed by atoms with Gasteiger partial charge >= 0.3 is 6.18 Å². The third-order valence-electron chi connectivity index (χ3n) is 3.83. The largest absolute Gasteiger partial charge is 0.391 e. The number of alkyl halides is 3. The van der Waals surface area contributed by atoms with Crippen molar-refractivity contribution in [2.45, 2.75) is 65.7 Å². The summed E-state index contributed by atoms with van der Waals surface area (Å²) >= 11 is 0. The van der Waals surface area contributed by atoms with Crippen molar-refractivity contribution in [1.29, 1.82) is 0 Å². The van der Waals surface area contributed by atoms with Crippen LogP contribution in [0.3, 0.4) is 0 Å². The molecule has 1 fully saturated rings. The van der Waals surface area contributed by atoms with Gasteiger partial charge in [-0.05, 0) is 39.0 Å². The van der Waals surface area contributed by atoms with Gasteiger partial charge in [0.25, 0.3) is 7.52 Å². The molecule has 0 aromatic heterocycles. The van der Waals surface area contributed by atoms with Crippen molar-refractivity contribution in [3.8, 4) is 0 Å². The molecule has 7 heteroatoms. The molecule has 3 nitrogen and oxygen atoms in total. The van der Waals surface area contributed by atoms with Gasteiger partial charge in [0.05, 0.1) is 17.7 Å². The van der Waals surface area contributed by atoms with Crippen LogP contribution in [0.25, 0.3) is 0 Å². The predicted octanol–water partition coefficient (Wildman–Crippen LogP) is 5.32. The molecule has 1 rings (SSSR count). The first-order valence-electron chi connectivity index (χ1n) is 7.74. The molecule has 1 heterocycles. The van der Waals surface area contributed by atoms with Gasteiger partial charge in [-0.15, -0.1) is 0 Å². The van der Waals surface area contributed by atoms with Crippen LogP contribution in [0.5, 0.6) is 0 Å². The summed E-state index contributed by atoms with van der Waals surface area (Å²) in [5.41, 5.74) is -0.148. The van der Waals surface area contributed by atoms with Gasteiger partial charge in [-0.3, -0.25) is 4.57 Å². The Hall–Kier alpha value is -0.0600. The third-order valence-corrected chi connectivity index (χ3v) is 7.15. The van der Waals surface area contributed by atoms with Crippen LogP contribution < -0.4 is 0 Å². The zero-order chi connectivity index (χ0) is 17.4. The van der Waals surface area contributed by atoms with Crippen molar-refractivity contribution in [2.75, 3.05) is 19.7 Å². The smallest absolute Gasteiger partial charge is 0.316 e. The van der Waals surface area contributed by atoms with Crippen LogP contribution in [0.1, 0.15) is 54.4 Å². The molecule has 0 saturated carbocycles. The summed E-state index contributed by atoms with van der Waals surface area (Å²) in [6.45, 7) is 12.1. The Morgan fingerprint density at radius 3 is 1.82 bits per heavy atom. The summed E-state index contributed by atoms with van der Waals surface area (Å²) in [5.74, 6) is -1.29. The van der Waals surface area contributed by atoms with E-state index in [0.717, 1.165) is 0 Å². The lowest BCUT2D eigenvalue weighted by molar-refractivity contribution is -0.183. The van der Waals surface area contributed by atoms with Crippen LogP contribution >= 0.6 is 7.52 Å². The molecule has 0 radical (unpaired) electrons. The Morgan fingerprint density at radius 1 is 1.05 bits per heavy atom. The van der Waals surface area contributed by atoms with Crippen LogP contribution in [0.15, 0.2) is 0 Å². The fraction of sp³-hybridized carbons (Fsp3) is 1.00. The number of hydrogen-bond acceptors (Lipinski definition) is 2. The molecule has 0 aromatic rings. The summed E-state index contributed by atoms with van der Waals surface area (Å²) < 4.78 is 59.2. The zero-order valence-corrected chi connectivity index (χ0v) is 15.4. The highest BCUT2D eigenvalue weighted by Crippen LogP contribution is 2.63. The maximum Gasteiger partial charge on any atom is 0.391 e. The predicted molar refractivity (Wildman–Crippen MR) is 83.1 cm³/mol. The molecule has 1 atom stereocenters. The maximum absolute atomic E-state index is 13.4. The Labute approximate surface area is 132 Å². The number of hydrogen-bond donors (Lipinski definition) is 0. The SMILES string of the molecule is CC(C)(C)COP(=O)(N1CCC(C(F)(F)F)CC1)C(C)(C)C. The van der Waals surface area contributed by atoms with Gasteiger partial charge in [0.1, 0.15) is 0 Å². The monoisotopic (exact) mass is 343 g/mol. The Balaban J connectivity index is 2.85. The highest BCUT2D eigenvalue weighted by atomic mass is 31.2. The summed E-state index contributed by atoms with van der Waals surface area (Å²) in [7, 11) is -3.19. The Morgan fingerprint density at radius 2 is 1.50 bits per heavy atom. The summed E-state index contributed by atoms with van der Waals surface area (Å²) in [5, 5.41) is -0.622. The van der Waals surface area contributed by atoms with Crippen molar-refractivity contribution in [3.05, 3.63) is 0 Å². The van der Waals surface area contributed by atoms with Crippen molar-refractivity contribution >= 4 is 7.52 Å². The standard InChI is InChI=1S/C15H29F3NO2P/c1-13(2,3)11-21-22(20,14(4,5)6)19-9-7-12(8-10-19)15(16,17)18/h12H,7-11H2,1-6H3. The maximum atomic E-state index is 13.4. The van der Waals surface area contributed by atoms with Crippen LogP contribution in [0, 0.1) is 11.3 Å². The van der Waals surface area contributed by atoms with Crippen molar-refractivity contribution in [3.63, 3.8) is 0 Å². The van der Waals surface area contributed by atoms with Gasteiger partial charge in [0, 0.05) is 13.1 Å². The lowest BCUT2D eigenvalue weighted by atomic mass is 9.98. The average Bonchev–Trinajstić information content (AvgIpc) is 2.32.